The molecule has 3 rings (SSSR count). The first-order valence-electron chi connectivity index (χ1n) is 7.96. The van der Waals surface area contributed by atoms with Crippen LogP contribution >= 0.6 is 0 Å². The highest BCUT2D eigenvalue weighted by molar-refractivity contribution is 7.90. The minimum absolute atomic E-state index is 0.335. The van der Waals surface area contributed by atoms with Gasteiger partial charge in [-0.3, -0.25) is 9.52 Å². The molecule has 0 aliphatic carbocycles. The molecule has 1 aromatic carbocycles. The molecular formula is C16H20N4O4S. The summed E-state index contributed by atoms with van der Waals surface area (Å²) in [5.41, 5.74) is 1.34. The Labute approximate surface area is 146 Å². The van der Waals surface area contributed by atoms with E-state index in [4.69, 9.17) is 4.52 Å². The summed E-state index contributed by atoms with van der Waals surface area (Å²) < 4.78 is 33.5. The Bertz CT molecular complexity index is 861. The zero-order valence-corrected chi connectivity index (χ0v) is 14.8. The molecule has 0 bridgehead atoms. The van der Waals surface area contributed by atoms with Gasteiger partial charge in [0.25, 0.3) is 5.91 Å². The third-order valence-electron chi connectivity index (χ3n) is 4.11. The maximum absolute atomic E-state index is 12.3. The zero-order chi connectivity index (χ0) is 18.0. The first-order chi connectivity index (χ1) is 11.8. The lowest BCUT2D eigenvalue weighted by Gasteiger charge is -2.17. The van der Waals surface area contributed by atoms with Gasteiger partial charge in [0.05, 0.1) is 6.20 Å². The predicted molar refractivity (Wildman–Crippen MR) is 93.5 cm³/mol. The van der Waals surface area contributed by atoms with Gasteiger partial charge >= 0.3 is 10.2 Å². The van der Waals surface area contributed by atoms with Crippen LogP contribution in [0.2, 0.25) is 0 Å². The van der Waals surface area contributed by atoms with Gasteiger partial charge in [-0.25, -0.2) is 0 Å². The van der Waals surface area contributed by atoms with Crippen LogP contribution in [-0.2, 0) is 10.2 Å². The molecule has 1 unspecified atom stereocenters. The van der Waals surface area contributed by atoms with Gasteiger partial charge in [0.1, 0.15) is 11.3 Å². The molecule has 9 heteroatoms. The summed E-state index contributed by atoms with van der Waals surface area (Å²) >= 11 is 0. The normalized spacial score (nSPS) is 18.2. The van der Waals surface area contributed by atoms with Crippen molar-refractivity contribution in [3.63, 3.8) is 0 Å². The van der Waals surface area contributed by atoms with Gasteiger partial charge in [-0.15, -0.1) is 0 Å². The number of carbonyl (C=O) groups excluding carboxylic acids is 1. The smallest absolute Gasteiger partial charge is 0.301 e. The Balaban J connectivity index is 1.64. The molecule has 8 nitrogen and oxygen atoms in total. The molecule has 0 radical (unpaired) electrons. The number of hydrogen-bond acceptors (Lipinski definition) is 5. The molecule has 2 N–H and O–H groups in total. The van der Waals surface area contributed by atoms with E-state index in [9.17, 15) is 13.2 Å². The third-order valence-corrected chi connectivity index (χ3v) is 5.62. The SMILES string of the molecule is Cc1oncc1C(=O)Nc1ccc(NS(=O)(=O)N2CCC(C)C2)cc1. The topological polar surface area (TPSA) is 105 Å². The second-order valence-corrected chi connectivity index (χ2v) is 7.86. The summed E-state index contributed by atoms with van der Waals surface area (Å²) in [5.74, 6) is 0.467. The highest BCUT2D eigenvalue weighted by atomic mass is 32.2. The van der Waals surface area contributed by atoms with Crippen LogP contribution in [0.15, 0.2) is 35.0 Å². The number of amides is 1. The van der Waals surface area contributed by atoms with E-state index in [0.29, 0.717) is 41.7 Å². The number of aryl methyl sites for hydroxylation is 1. The second kappa shape index (κ2) is 6.85. The average Bonchev–Trinajstić information content (AvgIpc) is 3.18. The van der Waals surface area contributed by atoms with E-state index in [1.165, 1.54) is 10.5 Å². The maximum Gasteiger partial charge on any atom is 0.301 e. The van der Waals surface area contributed by atoms with Crippen molar-refractivity contribution in [1.82, 2.24) is 9.46 Å². The molecule has 0 saturated carbocycles. The number of anilines is 2. The van der Waals surface area contributed by atoms with E-state index in [2.05, 4.69) is 15.2 Å². The van der Waals surface area contributed by atoms with Crippen LogP contribution in [0.5, 0.6) is 0 Å². The standard InChI is InChI=1S/C16H20N4O4S/c1-11-7-8-20(10-11)25(22,23)19-14-5-3-13(4-6-14)18-16(21)15-9-17-24-12(15)2/h3-6,9,11,19H,7-8,10H2,1-2H3,(H,18,21). The minimum atomic E-state index is -3.55. The number of hydrogen-bond donors (Lipinski definition) is 2. The molecule has 0 spiro atoms. The van der Waals surface area contributed by atoms with Crippen molar-refractivity contribution in [2.24, 2.45) is 5.92 Å². The Morgan fingerprint density at radius 2 is 1.96 bits per heavy atom. The summed E-state index contributed by atoms with van der Waals surface area (Å²) in [6.45, 7) is 4.74. The molecule has 1 aliphatic heterocycles. The van der Waals surface area contributed by atoms with Crippen LogP contribution in [0, 0.1) is 12.8 Å². The monoisotopic (exact) mass is 364 g/mol. The van der Waals surface area contributed by atoms with Crippen LogP contribution in [-0.4, -0.2) is 36.9 Å². The van der Waals surface area contributed by atoms with E-state index in [1.807, 2.05) is 6.92 Å². The number of nitrogens with one attached hydrogen (secondary N) is 2. The fourth-order valence-electron chi connectivity index (χ4n) is 2.66. The van der Waals surface area contributed by atoms with E-state index in [0.717, 1.165) is 6.42 Å². The van der Waals surface area contributed by atoms with Crippen molar-refractivity contribution in [2.45, 2.75) is 20.3 Å². The van der Waals surface area contributed by atoms with Crippen molar-refractivity contribution in [2.75, 3.05) is 23.1 Å². The largest absolute Gasteiger partial charge is 0.361 e. The zero-order valence-electron chi connectivity index (χ0n) is 14.0. The Morgan fingerprint density at radius 3 is 2.52 bits per heavy atom. The highest BCUT2D eigenvalue weighted by Gasteiger charge is 2.29. The molecule has 2 aromatic rings. The summed E-state index contributed by atoms with van der Waals surface area (Å²) in [6, 6.07) is 6.47. The van der Waals surface area contributed by atoms with Crippen LogP contribution in [0.3, 0.4) is 0 Å². The van der Waals surface area contributed by atoms with Gasteiger partial charge in [-0.1, -0.05) is 12.1 Å². The molecule has 1 fully saturated rings. The summed E-state index contributed by atoms with van der Waals surface area (Å²) in [6.07, 6.45) is 2.22. The van der Waals surface area contributed by atoms with Gasteiger partial charge in [-0.2, -0.15) is 12.7 Å². The van der Waals surface area contributed by atoms with E-state index in [-0.39, 0.29) is 5.91 Å². The predicted octanol–water partition coefficient (Wildman–Crippen LogP) is 2.23. The quantitative estimate of drug-likeness (QED) is 0.846. The molecule has 1 aliphatic rings. The fourth-order valence-corrected chi connectivity index (χ4v) is 4.02. The molecule has 1 amide bonds. The minimum Gasteiger partial charge on any atom is -0.361 e. The van der Waals surface area contributed by atoms with Crippen LogP contribution in [0.4, 0.5) is 11.4 Å². The number of carbonyl (C=O) groups is 1. The lowest BCUT2D eigenvalue weighted by Crippen LogP contribution is -2.33. The lowest BCUT2D eigenvalue weighted by molar-refractivity contribution is 0.102. The first-order valence-corrected chi connectivity index (χ1v) is 9.40. The molecule has 2 heterocycles. The van der Waals surface area contributed by atoms with Gasteiger partial charge in [-0.05, 0) is 43.5 Å². The first kappa shape index (κ1) is 17.4. The molecule has 1 aromatic heterocycles. The Morgan fingerprint density at radius 1 is 1.28 bits per heavy atom. The van der Waals surface area contributed by atoms with E-state index in [1.54, 1.807) is 31.2 Å². The Hall–Kier alpha value is -2.39. The van der Waals surface area contributed by atoms with Crippen LogP contribution in [0.25, 0.3) is 0 Å². The van der Waals surface area contributed by atoms with Crippen molar-refractivity contribution in [3.8, 4) is 0 Å². The van der Waals surface area contributed by atoms with Gasteiger partial charge in [0.2, 0.25) is 0 Å². The number of rotatable bonds is 5. The maximum atomic E-state index is 12.3. The van der Waals surface area contributed by atoms with Crippen LogP contribution < -0.4 is 10.0 Å². The van der Waals surface area contributed by atoms with Crippen molar-refractivity contribution in [3.05, 3.63) is 41.8 Å². The summed E-state index contributed by atoms with van der Waals surface area (Å²) in [4.78, 5) is 12.1. The highest BCUT2D eigenvalue weighted by Crippen LogP contribution is 2.21. The molecule has 25 heavy (non-hydrogen) atoms. The van der Waals surface area contributed by atoms with Gasteiger partial charge in [0.15, 0.2) is 0 Å². The molecule has 1 saturated heterocycles. The summed E-state index contributed by atoms with van der Waals surface area (Å²) in [5, 5.41) is 6.27. The molecule has 134 valence electrons. The van der Waals surface area contributed by atoms with Crippen molar-refractivity contribution >= 4 is 27.5 Å². The Kier molecular flexibility index (Phi) is 4.78. The van der Waals surface area contributed by atoms with Gasteiger partial charge in [0, 0.05) is 24.5 Å². The van der Waals surface area contributed by atoms with Crippen LogP contribution in [0.1, 0.15) is 29.5 Å². The van der Waals surface area contributed by atoms with E-state index >= 15 is 0 Å². The number of aromatic nitrogens is 1. The fraction of sp³-hybridized carbons (Fsp3) is 0.375. The number of benzene rings is 1. The lowest BCUT2D eigenvalue weighted by atomic mass is 10.2. The molecular weight excluding hydrogens is 344 g/mol. The third kappa shape index (κ3) is 3.99. The summed E-state index contributed by atoms with van der Waals surface area (Å²) in [7, 11) is -3.55. The second-order valence-electron chi connectivity index (χ2n) is 6.19. The average molecular weight is 364 g/mol. The number of nitrogens with zero attached hydrogens (tertiary/aromatic N) is 2. The van der Waals surface area contributed by atoms with Gasteiger partial charge < -0.3 is 9.84 Å². The molecule has 1 atom stereocenters. The van der Waals surface area contributed by atoms with E-state index < -0.39 is 10.2 Å². The van der Waals surface area contributed by atoms with Crippen molar-refractivity contribution in [1.29, 1.82) is 0 Å². The van der Waals surface area contributed by atoms with Crippen molar-refractivity contribution < 1.29 is 17.7 Å².